The molecule has 1 aromatic rings. The van der Waals surface area contributed by atoms with Crippen LogP contribution in [-0.2, 0) is 0 Å². The molecule has 0 spiro atoms. The van der Waals surface area contributed by atoms with Crippen molar-refractivity contribution in [1.29, 1.82) is 0 Å². The Bertz CT molecular complexity index is 601. The molecular weight excluding hydrogens is 184 g/mol. The van der Waals surface area contributed by atoms with Gasteiger partial charge in [0.05, 0.1) is 6.26 Å². The van der Waals surface area contributed by atoms with Crippen molar-refractivity contribution in [3.05, 3.63) is 58.7 Å². The third-order valence-corrected chi connectivity index (χ3v) is 2.58. The molecule has 3 rings (SSSR count). The molecule has 0 unspecified atom stereocenters. The lowest BCUT2D eigenvalue weighted by Crippen LogP contribution is -2.29. The van der Waals surface area contributed by atoms with E-state index in [0.29, 0.717) is 0 Å². The van der Waals surface area contributed by atoms with Crippen molar-refractivity contribution < 1.29 is 4.74 Å². The molecule has 2 aliphatic rings. The maximum Gasteiger partial charge on any atom is 0.134 e. The van der Waals surface area contributed by atoms with Gasteiger partial charge in [0.2, 0.25) is 0 Å². The Morgan fingerprint density at radius 3 is 2.73 bits per heavy atom. The van der Waals surface area contributed by atoms with Crippen LogP contribution in [0, 0.1) is 0 Å². The van der Waals surface area contributed by atoms with Gasteiger partial charge in [-0.05, 0) is 29.0 Å². The SMILES string of the molecule is C1=CC=c2c(ccc3c2=CC=CO3)C=C1. The minimum Gasteiger partial charge on any atom is -0.464 e. The Kier molecular flexibility index (Phi) is 1.82. The van der Waals surface area contributed by atoms with Crippen LogP contribution in [0.2, 0.25) is 0 Å². The van der Waals surface area contributed by atoms with Gasteiger partial charge in [-0.1, -0.05) is 36.4 Å². The van der Waals surface area contributed by atoms with Gasteiger partial charge in [-0.25, -0.2) is 0 Å². The van der Waals surface area contributed by atoms with Gasteiger partial charge in [-0.15, -0.1) is 0 Å². The topological polar surface area (TPSA) is 9.23 Å². The van der Waals surface area contributed by atoms with E-state index >= 15 is 0 Å². The molecule has 0 fully saturated rings. The summed E-state index contributed by atoms with van der Waals surface area (Å²) in [4.78, 5) is 0. The summed E-state index contributed by atoms with van der Waals surface area (Å²) in [6, 6.07) is 4.10. The van der Waals surface area contributed by atoms with E-state index in [-0.39, 0.29) is 0 Å². The first-order valence-corrected chi connectivity index (χ1v) is 4.97. The number of fused-ring (bicyclic) bond motifs is 3. The number of rotatable bonds is 0. The van der Waals surface area contributed by atoms with Gasteiger partial charge in [-0.2, -0.15) is 0 Å². The third-order valence-electron chi connectivity index (χ3n) is 2.58. The van der Waals surface area contributed by atoms with Crippen molar-refractivity contribution >= 4 is 18.2 Å². The molecule has 1 heteroatoms. The van der Waals surface area contributed by atoms with E-state index in [0.717, 1.165) is 11.0 Å². The molecule has 1 aromatic carbocycles. The first kappa shape index (κ1) is 8.30. The smallest absolute Gasteiger partial charge is 0.134 e. The zero-order valence-electron chi connectivity index (χ0n) is 8.18. The van der Waals surface area contributed by atoms with Crippen molar-refractivity contribution in [1.82, 2.24) is 0 Å². The number of allylic oxidation sites excluding steroid dienone is 4. The Morgan fingerprint density at radius 2 is 1.73 bits per heavy atom. The molecule has 15 heavy (non-hydrogen) atoms. The van der Waals surface area contributed by atoms with Crippen LogP contribution >= 0.6 is 0 Å². The lowest BCUT2D eigenvalue weighted by atomic mass is 10.1. The number of benzene rings is 1. The minimum absolute atomic E-state index is 0.927. The van der Waals surface area contributed by atoms with Gasteiger partial charge in [0.1, 0.15) is 5.75 Å². The highest BCUT2D eigenvalue weighted by Gasteiger charge is 2.03. The molecule has 1 nitrogen and oxygen atoms in total. The average Bonchev–Trinajstić information content (AvgIpc) is 2.54. The summed E-state index contributed by atoms with van der Waals surface area (Å²) in [5.74, 6) is 0.927. The molecule has 0 amide bonds. The molecular formula is C14H10O. The fraction of sp³-hybridized carbons (Fsp3) is 0. The largest absolute Gasteiger partial charge is 0.464 e. The Morgan fingerprint density at radius 1 is 0.800 bits per heavy atom. The second kappa shape index (κ2) is 3.28. The summed E-state index contributed by atoms with van der Waals surface area (Å²) in [7, 11) is 0. The first-order valence-electron chi connectivity index (χ1n) is 4.97. The zero-order valence-corrected chi connectivity index (χ0v) is 8.18. The van der Waals surface area contributed by atoms with E-state index in [9.17, 15) is 0 Å². The molecule has 0 saturated heterocycles. The van der Waals surface area contributed by atoms with Crippen molar-refractivity contribution in [3.8, 4) is 5.75 Å². The summed E-state index contributed by atoms with van der Waals surface area (Å²) in [6.45, 7) is 0. The highest BCUT2D eigenvalue weighted by atomic mass is 16.5. The maximum atomic E-state index is 5.45. The summed E-state index contributed by atoms with van der Waals surface area (Å²) >= 11 is 0. The van der Waals surface area contributed by atoms with Crippen LogP contribution in [0.3, 0.4) is 0 Å². The fourth-order valence-corrected chi connectivity index (χ4v) is 1.86. The first-order chi connectivity index (χ1) is 7.45. The molecule has 1 aliphatic carbocycles. The van der Waals surface area contributed by atoms with E-state index in [4.69, 9.17) is 4.74 Å². The van der Waals surface area contributed by atoms with E-state index in [2.05, 4.69) is 30.4 Å². The Labute approximate surface area is 88.0 Å². The van der Waals surface area contributed by atoms with Gasteiger partial charge in [0.25, 0.3) is 0 Å². The van der Waals surface area contributed by atoms with Crippen LogP contribution in [0.4, 0.5) is 0 Å². The second-order valence-corrected chi connectivity index (χ2v) is 3.50. The van der Waals surface area contributed by atoms with Crippen molar-refractivity contribution in [2.24, 2.45) is 0 Å². The number of ether oxygens (including phenoxy) is 1. The van der Waals surface area contributed by atoms with Crippen LogP contribution < -0.4 is 15.2 Å². The molecule has 0 aromatic heterocycles. The number of hydrogen-bond acceptors (Lipinski definition) is 1. The molecule has 1 aliphatic heterocycles. The zero-order chi connectivity index (χ0) is 10.1. The summed E-state index contributed by atoms with van der Waals surface area (Å²) in [6.07, 6.45) is 16.1. The summed E-state index contributed by atoms with van der Waals surface area (Å²) < 4.78 is 5.45. The molecule has 0 radical (unpaired) electrons. The minimum atomic E-state index is 0.927. The van der Waals surface area contributed by atoms with Gasteiger partial charge >= 0.3 is 0 Å². The monoisotopic (exact) mass is 194 g/mol. The quantitative estimate of drug-likeness (QED) is 0.611. The van der Waals surface area contributed by atoms with E-state index in [1.165, 1.54) is 10.8 Å². The third kappa shape index (κ3) is 1.33. The second-order valence-electron chi connectivity index (χ2n) is 3.50. The van der Waals surface area contributed by atoms with Crippen LogP contribution in [0.5, 0.6) is 5.75 Å². The average molecular weight is 194 g/mol. The fourth-order valence-electron chi connectivity index (χ4n) is 1.86. The van der Waals surface area contributed by atoms with Crippen LogP contribution in [0.15, 0.2) is 42.7 Å². The van der Waals surface area contributed by atoms with E-state index in [1.54, 1.807) is 6.26 Å². The molecule has 1 heterocycles. The Balaban J connectivity index is 2.46. The molecule has 72 valence electrons. The van der Waals surface area contributed by atoms with Crippen LogP contribution in [0.25, 0.3) is 18.2 Å². The normalized spacial score (nSPS) is 15.5. The van der Waals surface area contributed by atoms with Crippen molar-refractivity contribution in [2.75, 3.05) is 0 Å². The van der Waals surface area contributed by atoms with Crippen LogP contribution in [-0.4, -0.2) is 0 Å². The standard InChI is InChI=1S/C14H10O/c1-2-5-11-8-9-14-13(7-4-10-15-14)12(11)6-3-1/h1-10H. The Hall–Kier alpha value is -2.02. The molecule has 0 atom stereocenters. The predicted molar refractivity (Wildman–Crippen MR) is 62.6 cm³/mol. The van der Waals surface area contributed by atoms with Crippen molar-refractivity contribution in [2.45, 2.75) is 0 Å². The maximum absolute atomic E-state index is 5.45. The van der Waals surface area contributed by atoms with Gasteiger partial charge in [-0.3, -0.25) is 0 Å². The van der Waals surface area contributed by atoms with E-state index < -0.39 is 0 Å². The summed E-state index contributed by atoms with van der Waals surface area (Å²) in [5, 5.41) is 2.38. The van der Waals surface area contributed by atoms with Gasteiger partial charge in [0.15, 0.2) is 0 Å². The number of hydrogen-bond donors (Lipinski definition) is 0. The van der Waals surface area contributed by atoms with Gasteiger partial charge < -0.3 is 4.74 Å². The van der Waals surface area contributed by atoms with Crippen LogP contribution in [0.1, 0.15) is 5.56 Å². The lowest BCUT2D eigenvalue weighted by Gasteiger charge is -2.07. The molecule has 0 N–H and O–H groups in total. The van der Waals surface area contributed by atoms with Gasteiger partial charge in [0, 0.05) is 5.22 Å². The highest BCUT2D eigenvalue weighted by Crippen LogP contribution is 2.08. The van der Waals surface area contributed by atoms with Crippen molar-refractivity contribution in [3.63, 3.8) is 0 Å². The highest BCUT2D eigenvalue weighted by molar-refractivity contribution is 5.62. The lowest BCUT2D eigenvalue weighted by molar-refractivity contribution is 0.474. The predicted octanol–water partition coefficient (Wildman–Crippen LogP) is 1.74. The molecule has 0 bridgehead atoms. The molecule has 0 saturated carbocycles. The summed E-state index contributed by atoms with van der Waals surface area (Å²) in [5.41, 5.74) is 1.23. The van der Waals surface area contributed by atoms with E-state index in [1.807, 2.05) is 24.3 Å².